The maximum atomic E-state index is 11.9. The summed E-state index contributed by atoms with van der Waals surface area (Å²) in [6, 6.07) is -3.82. The first-order valence-corrected chi connectivity index (χ1v) is 4.63. The van der Waals surface area contributed by atoms with Crippen molar-refractivity contribution in [2.75, 3.05) is 6.61 Å². The number of carboxylic acids is 1. The van der Waals surface area contributed by atoms with Crippen molar-refractivity contribution in [2.45, 2.75) is 31.6 Å². The predicted octanol–water partition coefficient (Wildman–Crippen LogP) is 0.0720. The quantitative estimate of drug-likeness (QED) is 0.561. The first-order chi connectivity index (χ1) is 7.65. The van der Waals surface area contributed by atoms with Crippen molar-refractivity contribution in [3.63, 3.8) is 0 Å². The third-order valence-corrected chi connectivity index (χ3v) is 1.70. The van der Waals surface area contributed by atoms with Crippen LogP contribution >= 0.6 is 0 Å². The van der Waals surface area contributed by atoms with Crippen LogP contribution in [0.15, 0.2) is 0 Å². The van der Waals surface area contributed by atoms with Crippen molar-refractivity contribution in [1.82, 2.24) is 10.6 Å². The van der Waals surface area contributed by atoms with Gasteiger partial charge in [-0.15, -0.1) is 0 Å². The molecule has 2 amide bonds. The summed E-state index contributed by atoms with van der Waals surface area (Å²) in [7, 11) is 0. The molecule has 0 aromatic carbocycles. The number of amides is 2. The Morgan fingerprint density at radius 2 is 1.82 bits per heavy atom. The van der Waals surface area contributed by atoms with E-state index < -0.39 is 43.3 Å². The number of hydrogen-bond acceptors (Lipinski definition) is 3. The molecule has 2 atom stereocenters. The number of carbonyl (C=O) groups excluding carboxylic acids is 1. The highest BCUT2D eigenvalue weighted by atomic mass is 19.4. The van der Waals surface area contributed by atoms with Crippen molar-refractivity contribution in [1.29, 1.82) is 0 Å². The Kier molecular flexibility index (Phi) is 5.72. The number of aliphatic carboxylic acids is 1. The van der Waals surface area contributed by atoms with E-state index in [-0.39, 0.29) is 0 Å². The fourth-order valence-corrected chi connectivity index (χ4v) is 1.01. The Morgan fingerprint density at radius 1 is 1.29 bits per heavy atom. The van der Waals surface area contributed by atoms with Gasteiger partial charge in [0, 0.05) is 6.04 Å². The molecule has 0 aliphatic heterocycles. The van der Waals surface area contributed by atoms with Gasteiger partial charge in [0.1, 0.15) is 0 Å². The second kappa shape index (κ2) is 6.28. The van der Waals surface area contributed by atoms with E-state index in [0.717, 1.165) is 6.92 Å². The standard InChI is InChI=1S/C8H13F3N2O4/c1-4(2-8(9,10)11)12-7(17)13-5(3-14)6(15)16/h4-5,14H,2-3H2,1H3,(H,15,16)(H2,12,13,17)/t4?,5-/m0/s1. The summed E-state index contributed by atoms with van der Waals surface area (Å²) in [5.41, 5.74) is 0. The number of hydrogen-bond donors (Lipinski definition) is 4. The van der Waals surface area contributed by atoms with Gasteiger partial charge in [0.15, 0.2) is 6.04 Å². The van der Waals surface area contributed by atoms with Crippen molar-refractivity contribution in [3.05, 3.63) is 0 Å². The van der Waals surface area contributed by atoms with E-state index in [1.807, 2.05) is 10.6 Å². The summed E-state index contributed by atoms with van der Waals surface area (Å²) < 4.78 is 35.7. The van der Waals surface area contributed by atoms with Gasteiger partial charge in [0.2, 0.25) is 0 Å². The van der Waals surface area contributed by atoms with Crippen LogP contribution in [0.3, 0.4) is 0 Å². The van der Waals surface area contributed by atoms with Gasteiger partial charge in [-0.05, 0) is 6.92 Å². The first-order valence-electron chi connectivity index (χ1n) is 4.63. The van der Waals surface area contributed by atoms with Gasteiger partial charge in [-0.25, -0.2) is 9.59 Å². The molecule has 100 valence electrons. The van der Waals surface area contributed by atoms with Crippen LogP contribution in [-0.4, -0.2) is 47.1 Å². The normalized spacial score (nSPS) is 14.9. The van der Waals surface area contributed by atoms with Gasteiger partial charge in [-0.2, -0.15) is 13.2 Å². The minimum Gasteiger partial charge on any atom is -0.480 e. The average molecular weight is 258 g/mol. The lowest BCUT2D eigenvalue weighted by Crippen LogP contribution is -2.50. The third-order valence-electron chi connectivity index (χ3n) is 1.70. The van der Waals surface area contributed by atoms with Gasteiger partial charge in [-0.1, -0.05) is 0 Å². The molecule has 0 saturated carbocycles. The van der Waals surface area contributed by atoms with E-state index in [1.54, 1.807) is 0 Å². The minimum atomic E-state index is -4.42. The molecule has 1 unspecified atom stereocenters. The van der Waals surface area contributed by atoms with E-state index >= 15 is 0 Å². The SMILES string of the molecule is CC(CC(F)(F)F)NC(=O)N[C@@H](CO)C(=O)O. The van der Waals surface area contributed by atoms with Gasteiger partial charge >= 0.3 is 18.2 Å². The van der Waals surface area contributed by atoms with Gasteiger partial charge in [0.25, 0.3) is 0 Å². The molecule has 0 heterocycles. The van der Waals surface area contributed by atoms with E-state index in [1.165, 1.54) is 0 Å². The molecule has 0 aliphatic rings. The van der Waals surface area contributed by atoms with Crippen LogP contribution in [0.4, 0.5) is 18.0 Å². The minimum absolute atomic E-state index is 0.851. The molecule has 17 heavy (non-hydrogen) atoms. The summed E-state index contributed by atoms with van der Waals surface area (Å²) in [6.07, 6.45) is -5.65. The fraction of sp³-hybridized carbons (Fsp3) is 0.750. The van der Waals surface area contributed by atoms with Gasteiger partial charge in [-0.3, -0.25) is 0 Å². The maximum Gasteiger partial charge on any atom is 0.391 e. The highest BCUT2D eigenvalue weighted by molar-refractivity contribution is 5.82. The molecule has 0 radical (unpaired) electrons. The third kappa shape index (κ3) is 7.39. The Morgan fingerprint density at radius 3 is 2.18 bits per heavy atom. The summed E-state index contributed by atoms with van der Waals surface area (Å²) in [5.74, 6) is -1.48. The Labute approximate surface area is 94.8 Å². The predicted molar refractivity (Wildman–Crippen MR) is 50.3 cm³/mol. The number of carboxylic acid groups (broad SMARTS) is 1. The maximum absolute atomic E-state index is 11.9. The zero-order valence-corrected chi connectivity index (χ0v) is 8.91. The largest absolute Gasteiger partial charge is 0.480 e. The number of alkyl halides is 3. The lowest BCUT2D eigenvalue weighted by molar-refractivity contribution is -0.141. The zero-order chi connectivity index (χ0) is 13.6. The van der Waals surface area contributed by atoms with Crippen molar-refractivity contribution in [2.24, 2.45) is 0 Å². The van der Waals surface area contributed by atoms with Crippen LogP contribution < -0.4 is 10.6 Å². The van der Waals surface area contributed by atoms with E-state index in [0.29, 0.717) is 0 Å². The number of aliphatic hydroxyl groups excluding tert-OH is 1. The molecule has 0 bridgehead atoms. The molecule has 4 N–H and O–H groups in total. The fourth-order valence-electron chi connectivity index (χ4n) is 1.01. The van der Waals surface area contributed by atoms with Crippen molar-refractivity contribution in [3.8, 4) is 0 Å². The summed E-state index contributed by atoms with van der Waals surface area (Å²) in [4.78, 5) is 21.4. The molecule has 0 aromatic rings. The number of rotatable bonds is 5. The molecule has 0 saturated heterocycles. The van der Waals surface area contributed by atoms with Crippen molar-refractivity contribution < 1.29 is 33.0 Å². The molecule has 0 aromatic heterocycles. The number of aliphatic hydroxyl groups is 1. The second-order valence-corrected chi connectivity index (χ2v) is 3.41. The Bertz CT molecular complexity index is 282. The Hall–Kier alpha value is -1.51. The molecule has 0 spiro atoms. The monoisotopic (exact) mass is 258 g/mol. The summed E-state index contributed by atoms with van der Waals surface area (Å²) in [5, 5.41) is 20.8. The van der Waals surface area contributed by atoms with Gasteiger partial charge < -0.3 is 20.8 Å². The molecule has 0 fully saturated rings. The van der Waals surface area contributed by atoms with Crippen LogP contribution in [0.2, 0.25) is 0 Å². The smallest absolute Gasteiger partial charge is 0.391 e. The molecular formula is C8H13F3N2O4. The second-order valence-electron chi connectivity index (χ2n) is 3.41. The van der Waals surface area contributed by atoms with Crippen LogP contribution in [0.5, 0.6) is 0 Å². The van der Waals surface area contributed by atoms with Crippen LogP contribution in [0.25, 0.3) is 0 Å². The number of carbonyl (C=O) groups is 2. The van der Waals surface area contributed by atoms with Crippen molar-refractivity contribution >= 4 is 12.0 Å². The first kappa shape index (κ1) is 15.5. The Balaban J connectivity index is 4.13. The van der Waals surface area contributed by atoms with Crippen LogP contribution in [0.1, 0.15) is 13.3 Å². The highest BCUT2D eigenvalue weighted by Crippen LogP contribution is 2.21. The molecule has 6 nitrogen and oxygen atoms in total. The number of nitrogens with one attached hydrogen (secondary N) is 2. The molecule has 0 aliphatic carbocycles. The van der Waals surface area contributed by atoms with E-state index in [4.69, 9.17) is 10.2 Å². The number of urea groups is 1. The topological polar surface area (TPSA) is 98.7 Å². The summed E-state index contributed by atoms with van der Waals surface area (Å²) in [6.45, 7) is 0.276. The van der Waals surface area contributed by atoms with E-state index in [2.05, 4.69) is 0 Å². The highest BCUT2D eigenvalue weighted by Gasteiger charge is 2.31. The molecule has 0 rings (SSSR count). The van der Waals surface area contributed by atoms with Crippen LogP contribution in [0, 0.1) is 0 Å². The summed E-state index contributed by atoms with van der Waals surface area (Å²) >= 11 is 0. The number of halogens is 3. The zero-order valence-electron chi connectivity index (χ0n) is 8.91. The van der Waals surface area contributed by atoms with Crippen LogP contribution in [-0.2, 0) is 4.79 Å². The molecular weight excluding hydrogens is 245 g/mol. The average Bonchev–Trinajstić information content (AvgIpc) is 2.09. The lowest BCUT2D eigenvalue weighted by atomic mass is 10.2. The van der Waals surface area contributed by atoms with E-state index in [9.17, 15) is 22.8 Å². The van der Waals surface area contributed by atoms with Gasteiger partial charge in [0.05, 0.1) is 13.0 Å². The molecule has 9 heteroatoms. The lowest BCUT2D eigenvalue weighted by Gasteiger charge is -2.18.